The van der Waals surface area contributed by atoms with E-state index in [0.717, 1.165) is 0 Å². The second kappa shape index (κ2) is 6.33. The van der Waals surface area contributed by atoms with Gasteiger partial charge >= 0.3 is 0 Å². The second-order valence-corrected chi connectivity index (χ2v) is 7.69. The van der Waals surface area contributed by atoms with Gasteiger partial charge in [0.1, 0.15) is 9.79 Å². The van der Waals surface area contributed by atoms with E-state index >= 15 is 0 Å². The molecule has 0 aromatic heterocycles. The number of carbonyl (C=O) groups is 1. The molecule has 134 valence electrons. The number of anilines is 3. The molecule has 25 heavy (non-hydrogen) atoms. The Labute approximate surface area is 143 Å². The lowest BCUT2D eigenvalue weighted by atomic mass is 10.2. The van der Waals surface area contributed by atoms with Gasteiger partial charge in [-0.25, -0.2) is 0 Å². The molecule has 0 saturated carbocycles. The lowest BCUT2D eigenvalue weighted by molar-refractivity contribution is 0.102. The minimum atomic E-state index is -4.84. The Kier molecular flexibility index (Phi) is 4.72. The highest BCUT2D eigenvalue weighted by molar-refractivity contribution is 7.86. The standard InChI is InChI=1S/C13H13N3O7S2/c14-8-3-1-7(2-4-8)13(17)16-10-6-11(24(18,19)20)9(15)5-12(10)25(21,22)23/h1-6H,14-15H2,(H,16,17)(H,18,19,20)(H,21,22,23). The summed E-state index contributed by atoms with van der Waals surface area (Å²) in [4.78, 5) is 10.5. The van der Waals surface area contributed by atoms with Crippen LogP contribution in [0.2, 0.25) is 0 Å². The van der Waals surface area contributed by atoms with E-state index in [2.05, 4.69) is 5.32 Å². The molecule has 7 N–H and O–H groups in total. The van der Waals surface area contributed by atoms with E-state index in [9.17, 15) is 26.2 Å². The van der Waals surface area contributed by atoms with Crippen molar-refractivity contribution in [3.8, 4) is 0 Å². The minimum absolute atomic E-state index is 0.0840. The van der Waals surface area contributed by atoms with Crippen molar-refractivity contribution in [2.75, 3.05) is 16.8 Å². The van der Waals surface area contributed by atoms with Gasteiger partial charge in [0.25, 0.3) is 26.1 Å². The van der Waals surface area contributed by atoms with Gasteiger partial charge in [0.2, 0.25) is 0 Å². The molecule has 12 heteroatoms. The van der Waals surface area contributed by atoms with Crippen molar-refractivity contribution in [2.45, 2.75) is 9.79 Å². The Morgan fingerprint density at radius 3 is 1.88 bits per heavy atom. The van der Waals surface area contributed by atoms with Gasteiger partial charge in [0.05, 0.1) is 11.4 Å². The van der Waals surface area contributed by atoms with Gasteiger partial charge in [-0.2, -0.15) is 16.8 Å². The predicted molar refractivity (Wildman–Crippen MR) is 89.3 cm³/mol. The number of amides is 1. The number of nitrogen functional groups attached to an aromatic ring is 2. The number of nitrogens with two attached hydrogens (primary N) is 2. The molecule has 0 radical (unpaired) electrons. The van der Waals surface area contributed by atoms with E-state index in [-0.39, 0.29) is 5.56 Å². The zero-order valence-corrected chi connectivity index (χ0v) is 14.0. The van der Waals surface area contributed by atoms with E-state index in [4.69, 9.17) is 16.0 Å². The number of hydrogen-bond donors (Lipinski definition) is 5. The van der Waals surface area contributed by atoms with Crippen molar-refractivity contribution < 1.29 is 30.7 Å². The molecule has 0 aliphatic carbocycles. The summed E-state index contributed by atoms with van der Waals surface area (Å²) in [5.74, 6) is -0.809. The molecular formula is C13H13N3O7S2. The van der Waals surface area contributed by atoms with Crippen LogP contribution in [0.4, 0.5) is 17.1 Å². The van der Waals surface area contributed by atoms with Crippen molar-refractivity contribution in [1.29, 1.82) is 0 Å². The first kappa shape index (κ1) is 18.7. The van der Waals surface area contributed by atoms with Gasteiger partial charge in [-0.05, 0) is 36.4 Å². The topological polar surface area (TPSA) is 190 Å². The maximum atomic E-state index is 12.2. The third-order valence-electron chi connectivity index (χ3n) is 3.09. The summed E-state index contributed by atoms with van der Waals surface area (Å²) >= 11 is 0. The van der Waals surface area contributed by atoms with Gasteiger partial charge in [0, 0.05) is 11.3 Å². The Hall–Kier alpha value is -2.67. The van der Waals surface area contributed by atoms with Crippen molar-refractivity contribution in [3.63, 3.8) is 0 Å². The summed E-state index contributed by atoms with van der Waals surface area (Å²) in [6.45, 7) is 0. The van der Waals surface area contributed by atoms with Crippen molar-refractivity contribution >= 4 is 43.2 Å². The number of hydrogen-bond acceptors (Lipinski definition) is 7. The van der Waals surface area contributed by atoms with Crippen LogP contribution >= 0.6 is 0 Å². The first-order valence-corrected chi connectivity index (χ1v) is 9.33. The molecule has 0 spiro atoms. The maximum Gasteiger partial charge on any atom is 0.296 e. The van der Waals surface area contributed by atoms with E-state index < -0.39 is 47.3 Å². The van der Waals surface area contributed by atoms with Gasteiger partial charge in [-0.1, -0.05) is 0 Å². The Bertz CT molecular complexity index is 1050. The molecule has 0 fully saturated rings. The van der Waals surface area contributed by atoms with Gasteiger partial charge in [-0.3, -0.25) is 13.9 Å². The molecule has 0 aliphatic heterocycles. The number of carbonyl (C=O) groups excluding carboxylic acids is 1. The predicted octanol–water partition coefficient (Wildman–Crippen LogP) is 0.597. The average Bonchev–Trinajstić information content (AvgIpc) is 2.47. The normalized spacial score (nSPS) is 11.9. The van der Waals surface area contributed by atoms with E-state index in [0.29, 0.717) is 17.8 Å². The summed E-state index contributed by atoms with van der Waals surface area (Å²) in [6.07, 6.45) is 0. The summed E-state index contributed by atoms with van der Waals surface area (Å²) in [6, 6.07) is 6.77. The van der Waals surface area contributed by atoms with E-state index in [1.54, 1.807) is 0 Å². The van der Waals surface area contributed by atoms with Gasteiger partial charge in [0.15, 0.2) is 0 Å². The van der Waals surface area contributed by atoms with E-state index in [1.807, 2.05) is 0 Å². The zero-order chi connectivity index (χ0) is 19.0. The maximum absolute atomic E-state index is 12.2. The van der Waals surface area contributed by atoms with E-state index in [1.165, 1.54) is 24.3 Å². The molecule has 1 amide bonds. The molecule has 2 aromatic rings. The zero-order valence-electron chi connectivity index (χ0n) is 12.4. The largest absolute Gasteiger partial charge is 0.399 e. The highest BCUT2D eigenvalue weighted by Crippen LogP contribution is 2.30. The monoisotopic (exact) mass is 387 g/mol. The van der Waals surface area contributed by atoms with Crippen LogP contribution in [0.15, 0.2) is 46.2 Å². The van der Waals surface area contributed by atoms with Crippen molar-refractivity contribution in [3.05, 3.63) is 42.0 Å². The number of benzene rings is 2. The third kappa shape index (κ3) is 4.24. The van der Waals surface area contributed by atoms with Gasteiger partial charge < -0.3 is 16.8 Å². The molecule has 0 heterocycles. The molecule has 10 nitrogen and oxygen atoms in total. The van der Waals surface area contributed by atoms with Crippen LogP contribution in [0, 0.1) is 0 Å². The lowest BCUT2D eigenvalue weighted by Crippen LogP contribution is -2.16. The first-order chi connectivity index (χ1) is 11.4. The first-order valence-electron chi connectivity index (χ1n) is 6.45. The summed E-state index contributed by atoms with van der Waals surface area (Å²) in [7, 11) is -9.64. The Morgan fingerprint density at radius 1 is 0.880 bits per heavy atom. The van der Waals surface area contributed by atoms with Crippen LogP contribution in [-0.2, 0) is 20.2 Å². The molecule has 0 aliphatic rings. The molecule has 0 atom stereocenters. The quantitative estimate of drug-likeness (QED) is 0.369. The molecule has 0 unspecified atom stereocenters. The lowest BCUT2D eigenvalue weighted by Gasteiger charge is -2.12. The highest BCUT2D eigenvalue weighted by atomic mass is 32.2. The summed E-state index contributed by atoms with van der Waals surface area (Å²) in [5, 5.41) is 2.14. The fraction of sp³-hybridized carbons (Fsp3) is 0. The van der Waals surface area contributed by atoms with Crippen LogP contribution in [0.25, 0.3) is 0 Å². The molecular weight excluding hydrogens is 374 g/mol. The van der Waals surface area contributed by atoms with Crippen LogP contribution in [-0.4, -0.2) is 31.8 Å². The minimum Gasteiger partial charge on any atom is -0.399 e. The number of rotatable bonds is 4. The van der Waals surface area contributed by atoms with Crippen LogP contribution in [0.3, 0.4) is 0 Å². The third-order valence-corrected chi connectivity index (χ3v) is 4.89. The van der Waals surface area contributed by atoms with Crippen LogP contribution in [0.5, 0.6) is 0 Å². The fourth-order valence-corrected chi connectivity index (χ4v) is 3.23. The van der Waals surface area contributed by atoms with Crippen molar-refractivity contribution in [2.24, 2.45) is 0 Å². The average molecular weight is 387 g/mol. The van der Waals surface area contributed by atoms with Gasteiger partial charge in [-0.15, -0.1) is 0 Å². The number of nitrogens with one attached hydrogen (secondary N) is 1. The fourth-order valence-electron chi connectivity index (χ4n) is 1.94. The SMILES string of the molecule is Nc1ccc(C(=O)Nc2cc(S(=O)(=O)O)c(N)cc2S(=O)(=O)O)cc1. The Morgan fingerprint density at radius 2 is 1.40 bits per heavy atom. The van der Waals surface area contributed by atoms with Crippen LogP contribution < -0.4 is 16.8 Å². The summed E-state index contributed by atoms with van der Waals surface area (Å²) < 4.78 is 63.9. The Balaban J connectivity index is 2.58. The molecule has 0 saturated heterocycles. The molecule has 0 bridgehead atoms. The molecule has 2 aromatic carbocycles. The molecule has 2 rings (SSSR count). The highest BCUT2D eigenvalue weighted by Gasteiger charge is 2.24. The second-order valence-electron chi connectivity index (χ2n) is 4.91. The van der Waals surface area contributed by atoms with Crippen molar-refractivity contribution in [1.82, 2.24) is 0 Å². The smallest absolute Gasteiger partial charge is 0.296 e. The summed E-state index contributed by atoms with van der Waals surface area (Å²) in [5.41, 5.74) is 10.2. The van der Waals surface area contributed by atoms with Crippen LogP contribution in [0.1, 0.15) is 10.4 Å².